The zero-order valence-corrected chi connectivity index (χ0v) is 18.9. The third-order valence-electron chi connectivity index (χ3n) is 5.21. The third-order valence-corrected chi connectivity index (χ3v) is 6.99. The molecular formula is C25H28N2O3S. The van der Waals surface area contributed by atoms with Gasteiger partial charge in [0.05, 0.1) is 16.6 Å². The van der Waals surface area contributed by atoms with E-state index in [0.29, 0.717) is 5.69 Å². The van der Waals surface area contributed by atoms with Crippen molar-refractivity contribution >= 4 is 21.6 Å². The smallest absolute Gasteiger partial charge is 0.264 e. The van der Waals surface area contributed by atoms with E-state index in [1.54, 1.807) is 30.3 Å². The average Bonchev–Trinajstić information content (AvgIpc) is 2.78. The molecule has 31 heavy (non-hydrogen) atoms. The van der Waals surface area contributed by atoms with Gasteiger partial charge < -0.3 is 5.32 Å². The molecule has 5 nitrogen and oxygen atoms in total. The van der Waals surface area contributed by atoms with Crippen LogP contribution in [0, 0.1) is 6.92 Å². The maximum atomic E-state index is 13.4. The van der Waals surface area contributed by atoms with Crippen LogP contribution in [-0.2, 0) is 21.2 Å². The van der Waals surface area contributed by atoms with Crippen LogP contribution >= 0.6 is 0 Å². The van der Waals surface area contributed by atoms with Gasteiger partial charge in [-0.15, -0.1) is 0 Å². The van der Waals surface area contributed by atoms with Gasteiger partial charge in [-0.3, -0.25) is 9.10 Å². The summed E-state index contributed by atoms with van der Waals surface area (Å²) in [4.78, 5) is 13.0. The summed E-state index contributed by atoms with van der Waals surface area (Å²) in [6.45, 7) is 5.62. The molecule has 1 amide bonds. The van der Waals surface area contributed by atoms with Crippen molar-refractivity contribution in [1.82, 2.24) is 5.32 Å². The topological polar surface area (TPSA) is 66.5 Å². The van der Waals surface area contributed by atoms with Crippen LogP contribution in [0.1, 0.15) is 36.6 Å². The summed E-state index contributed by atoms with van der Waals surface area (Å²) in [5.41, 5.74) is 3.65. The van der Waals surface area contributed by atoms with Crippen LogP contribution in [0.4, 0.5) is 5.69 Å². The summed E-state index contributed by atoms with van der Waals surface area (Å²) >= 11 is 0. The van der Waals surface area contributed by atoms with Gasteiger partial charge in [0.15, 0.2) is 0 Å². The number of nitrogens with zero attached hydrogens (tertiary/aromatic N) is 1. The van der Waals surface area contributed by atoms with Gasteiger partial charge in [-0.2, -0.15) is 0 Å². The molecule has 0 heterocycles. The Kier molecular flexibility index (Phi) is 7.13. The maximum absolute atomic E-state index is 13.4. The number of sulfonamides is 1. The summed E-state index contributed by atoms with van der Waals surface area (Å²) in [5, 5.41) is 2.92. The van der Waals surface area contributed by atoms with Gasteiger partial charge in [0, 0.05) is 0 Å². The fourth-order valence-electron chi connectivity index (χ4n) is 3.29. The first kappa shape index (κ1) is 22.6. The number of aryl methyl sites for hydroxylation is 2. The molecular weight excluding hydrogens is 408 g/mol. The Morgan fingerprint density at radius 2 is 1.55 bits per heavy atom. The normalized spacial score (nSPS) is 12.2. The highest BCUT2D eigenvalue weighted by Gasteiger charge is 2.27. The standard InChI is InChI=1S/C25H28N2O3S/c1-4-21-12-16-23(17-13-21)27(31(29,30)24-8-6-5-7-9-24)18-25(28)26-20(3)22-14-10-19(2)11-15-22/h5-17,20H,4,18H2,1-3H3,(H,26,28)/t20-/m0/s1. The molecule has 1 atom stereocenters. The predicted octanol–water partition coefficient (Wildman–Crippen LogP) is 4.63. The van der Waals surface area contributed by atoms with Gasteiger partial charge in [0.25, 0.3) is 10.0 Å². The number of rotatable bonds is 8. The zero-order valence-electron chi connectivity index (χ0n) is 18.1. The fourth-order valence-corrected chi connectivity index (χ4v) is 4.73. The van der Waals surface area contributed by atoms with Crippen LogP contribution in [0.15, 0.2) is 83.8 Å². The highest BCUT2D eigenvalue weighted by Crippen LogP contribution is 2.24. The van der Waals surface area contributed by atoms with Gasteiger partial charge in [0.2, 0.25) is 5.91 Å². The summed E-state index contributed by atoms with van der Waals surface area (Å²) in [6.07, 6.45) is 0.847. The first-order valence-corrected chi connectivity index (χ1v) is 11.8. The third kappa shape index (κ3) is 5.52. The Bertz CT molecular complexity index is 1110. The SMILES string of the molecule is CCc1ccc(N(CC(=O)N[C@@H](C)c2ccc(C)cc2)S(=O)(=O)c2ccccc2)cc1. The van der Waals surface area contributed by atoms with Crippen LogP contribution in [-0.4, -0.2) is 20.9 Å². The molecule has 0 aliphatic heterocycles. The van der Waals surface area contributed by atoms with E-state index >= 15 is 0 Å². The molecule has 0 bridgehead atoms. The number of carbonyl (C=O) groups is 1. The number of amides is 1. The van der Waals surface area contributed by atoms with Crippen LogP contribution < -0.4 is 9.62 Å². The first-order valence-electron chi connectivity index (χ1n) is 10.3. The molecule has 0 unspecified atom stereocenters. The molecule has 0 spiro atoms. The predicted molar refractivity (Wildman–Crippen MR) is 125 cm³/mol. The lowest BCUT2D eigenvalue weighted by Crippen LogP contribution is -2.41. The van der Waals surface area contributed by atoms with Gasteiger partial charge >= 0.3 is 0 Å². The first-order chi connectivity index (χ1) is 14.8. The van der Waals surface area contributed by atoms with E-state index in [0.717, 1.165) is 23.1 Å². The summed E-state index contributed by atoms with van der Waals surface area (Å²) in [7, 11) is -3.90. The molecule has 162 valence electrons. The van der Waals surface area contributed by atoms with E-state index in [1.165, 1.54) is 16.4 Å². The molecule has 1 N–H and O–H groups in total. The second-order valence-electron chi connectivity index (χ2n) is 7.54. The number of benzene rings is 3. The lowest BCUT2D eigenvalue weighted by molar-refractivity contribution is -0.120. The zero-order chi connectivity index (χ0) is 22.4. The Hall–Kier alpha value is -3.12. The Morgan fingerprint density at radius 1 is 0.935 bits per heavy atom. The summed E-state index contributed by atoms with van der Waals surface area (Å²) in [6, 6.07) is 23.1. The minimum atomic E-state index is -3.90. The van der Waals surface area contributed by atoms with Crippen molar-refractivity contribution in [3.63, 3.8) is 0 Å². The molecule has 0 saturated heterocycles. The van der Waals surface area contributed by atoms with Crippen LogP contribution in [0.5, 0.6) is 0 Å². The highest BCUT2D eigenvalue weighted by atomic mass is 32.2. The number of hydrogen-bond acceptors (Lipinski definition) is 3. The van der Waals surface area contributed by atoms with Gasteiger partial charge in [-0.1, -0.05) is 67.1 Å². The number of nitrogens with one attached hydrogen (secondary N) is 1. The van der Waals surface area contributed by atoms with E-state index in [9.17, 15) is 13.2 Å². The lowest BCUT2D eigenvalue weighted by atomic mass is 10.1. The van der Waals surface area contributed by atoms with Crippen molar-refractivity contribution in [3.8, 4) is 0 Å². The molecule has 0 fully saturated rings. The van der Waals surface area contributed by atoms with Crippen LogP contribution in [0.25, 0.3) is 0 Å². The minimum absolute atomic E-state index is 0.147. The van der Waals surface area contributed by atoms with Gasteiger partial charge in [-0.05, 0) is 55.7 Å². The Morgan fingerprint density at radius 3 is 2.13 bits per heavy atom. The van der Waals surface area contributed by atoms with Crippen molar-refractivity contribution in [2.75, 3.05) is 10.8 Å². The van der Waals surface area contributed by atoms with E-state index in [1.807, 2.05) is 57.2 Å². The van der Waals surface area contributed by atoms with Crippen LogP contribution in [0.2, 0.25) is 0 Å². The van der Waals surface area contributed by atoms with E-state index in [2.05, 4.69) is 5.32 Å². The van der Waals surface area contributed by atoms with E-state index < -0.39 is 10.0 Å². The lowest BCUT2D eigenvalue weighted by Gasteiger charge is -2.25. The molecule has 3 aromatic carbocycles. The fraction of sp³-hybridized carbons (Fsp3) is 0.240. The van der Waals surface area contributed by atoms with Crippen molar-refractivity contribution in [1.29, 1.82) is 0 Å². The molecule has 0 aliphatic carbocycles. The van der Waals surface area contributed by atoms with Crippen molar-refractivity contribution in [3.05, 3.63) is 95.6 Å². The molecule has 6 heteroatoms. The monoisotopic (exact) mass is 436 g/mol. The Labute approximate surface area is 184 Å². The number of anilines is 1. The van der Waals surface area contributed by atoms with Crippen molar-refractivity contribution in [2.24, 2.45) is 0 Å². The molecule has 3 aromatic rings. The molecule has 0 saturated carbocycles. The highest BCUT2D eigenvalue weighted by molar-refractivity contribution is 7.92. The number of carbonyl (C=O) groups excluding carboxylic acids is 1. The van der Waals surface area contributed by atoms with Gasteiger partial charge in [-0.25, -0.2) is 8.42 Å². The Balaban J connectivity index is 1.87. The van der Waals surface area contributed by atoms with E-state index in [4.69, 9.17) is 0 Å². The average molecular weight is 437 g/mol. The quantitative estimate of drug-likeness (QED) is 0.560. The second-order valence-corrected chi connectivity index (χ2v) is 9.41. The molecule has 0 aromatic heterocycles. The summed E-state index contributed by atoms with van der Waals surface area (Å²) in [5.74, 6) is -0.368. The van der Waals surface area contributed by atoms with Gasteiger partial charge in [0.1, 0.15) is 6.54 Å². The molecule has 3 rings (SSSR count). The largest absolute Gasteiger partial charge is 0.348 e. The van der Waals surface area contributed by atoms with Crippen LogP contribution in [0.3, 0.4) is 0 Å². The van der Waals surface area contributed by atoms with Crippen molar-refractivity contribution < 1.29 is 13.2 Å². The number of hydrogen-bond donors (Lipinski definition) is 1. The maximum Gasteiger partial charge on any atom is 0.264 e. The molecule has 0 aliphatic rings. The molecule has 0 radical (unpaired) electrons. The minimum Gasteiger partial charge on any atom is -0.348 e. The van der Waals surface area contributed by atoms with E-state index in [-0.39, 0.29) is 23.4 Å². The second kappa shape index (κ2) is 9.79. The summed E-state index contributed by atoms with van der Waals surface area (Å²) < 4.78 is 27.9. The van der Waals surface area contributed by atoms with Crippen molar-refractivity contribution in [2.45, 2.75) is 38.1 Å².